The summed E-state index contributed by atoms with van der Waals surface area (Å²) in [5.74, 6) is 0.0185. The fraction of sp³-hybridized carbons (Fsp3) is 0.304. The lowest BCUT2D eigenvalue weighted by molar-refractivity contribution is 0.0736. The number of hydrogen-bond donors (Lipinski definition) is 0. The van der Waals surface area contributed by atoms with E-state index < -0.39 is 0 Å². The number of amides is 1. The number of carbonyl (C=O) groups excluding carboxylic acids is 1. The molecule has 1 unspecified atom stereocenters. The second-order valence-corrected chi connectivity index (χ2v) is 7.52. The van der Waals surface area contributed by atoms with Crippen LogP contribution in [0.1, 0.15) is 59.9 Å². The lowest BCUT2D eigenvalue weighted by Gasteiger charge is -2.25. The summed E-state index contributed by atoms with van der Waals surface area (Å²) in [5.41, 5.74) is 3.11. The minimum absolute atomic E-state index is 0.172. The van der Waals surface area contributed by atoms with Gasteiger partial charge in [0.2, 0.25) is 0 Å². The summed E-state index contributed by atoms with van der Waals surface area (Å²) in [5, 5.41) is 0. The van der Waals surface area contributed by atoms with E-state index in [1.807, 2.05) is 31.2 Å². The summed E-state index contributed by atoms with van der Waals surface area (Å²) < 4.78 is 1.54. The van der Waals surface area contributed by atoms with E-state index in [0.717, 1.165) is 16.9 Å². The zero-order valence-corrected chi connectivity index (χ0v) is 17.5. The van der Waals surface area contributed by atoms with Gasteiger partial charge in [-0.05, 0) is 55.2 Å². The molecule has 1 amide bonds. The van der Waals surface area contributed by atoms with Crippen molar-refractivity contribution in [1.82, 2.24) is 19.4 Å². The normalized spacial score (nSPS) is 12.1. The molecule has 1 atom stereocenters. The Hall–Kier alpha value is -3.28. The largest absolute Gasteiger partial charge is 0.333 e. The van der Waals surface area contributed by atoms with E-state index >= 15 is 0 Å². The Kier molecular flexibility index (Phi) is 5.92. The molecule has 3 aromatic rings. The smallest absolute Gasteiger partial charge is 0.268 e. The molecule has 29 heavy (non-hydrogen) atoms. The van der Waals surface area contributed by atoms with Crippen LogP contribution in [0.3, 0.4) is 0 Å². The van der Waals surface area contributed by atoms with E-state index in [-0.39, 0.29) is 23.1 Å². The molecule has 3 rings (SSSR count). The second kappa shape index (κ2) is 8.39. The first-order valence-electron chi connectivity index (χ1n) is 9.67. The molecule has 0 radical (unpaired) electrons. The Morgan fingerprint density at radius 2 is 1.90 bits per heavy atom. The predicted molar refractivity (Wildman–Crippen MR) is 113 cm³/mol. The van der Waals surface area contributed by atoms with Crippen LogP contribution in [-0.2, 0) is 0 Å². The molecular formula is C23H26N4O2. The molecule has 6 heteroatoms. The first kappa shape index (κ1) is 20.5. The molecule has 0 aliphatic carbocycles. The zero-order valence-electron chi connectivity index (χ0n) is 17.5. The number of carbonyl (C=O) groups is 1. The fourth-order valence-electron chi connectivity index (χ4n) is 3.22. The van der Waals surface area contributed by atoms with Crippen molar-refractivity contribution in [2.75, 3.05) is 7.05 Å². The van der Waals surface area contributed by atoms with Crippen molar-refractivity contribution >= 4 is 5.91 Å². The van der Waals surface area contributed by atoms with E-state index in [2.05, 4.69) is 23.8 Å². The minimum atomic E-state index is -0.326. The van der Waals surface area contributed by atoms with Crippen LogP contribution >= 0.6 is 0 Å². The summed E-state index contributed by atoms with van der Waals surface area (Å²) in [6.45, 7) is 7.88. The predicted octanol–water partition coefficient (Wildman–Crippen LogP) is 3.89. The van der Waals surface area contributed by atoms with Gasteiger partial charge in [0.25, 0.3) is 11.5 Å². The highest BCUT2D eigenvalue weighted by molar-refractivity contribution is 5.95. The first-order chi connectivity index (χ1) is 13.8. The number of aromatic nitrogens is 3. The van der Waals surface area contributed by atoms with Gasteiger partial charge in [0, 0.05) is 25.1 Å². The molecule has 2 heterocycles. The molecule has 150 valence electrons. The van der Waals surface area contributed by atoms with Gasteiger partial charge in [-0.3, -0.25) is 14.2 Å². The van der Waals surface area contributed by atoms with E-state index in [1.54, 1.807) is 43.4 Å². The fourth-order valence-corrected chi connectivity index (χ4v) is 3.22. The van der Waals surface area contributed by atoms with Crippen molar-refractivity contribution in [2.45, 2.75) is 39.7 Å². The number of rotatable bonds is 5. The molecule has 6 nitrogen and oxygen atoms in total. The van der Waals surface area contributed by atoms with Crippen molar-refractivity contribution < 1.29 is 4.79 Å². The molecule has 1 aromatic carbocycles. The van der Waals surface area contributed by atoms with E-state index in [1.165, 1.54) is 10.9 Å². The third-order valence-electron chi connectivity index (χ3n) is 5.26. The maximum atomic E-state index is 13.3. The summed E-state index contributed by atoms with van der Waals surface area (Å²) >= 11 is 0. The Morgan fingerprint density at radius 1 is 1.14 bits per heavy atom. The summed E-state index contributed by atoms with van der Waals surface area (Å²) in [6, 6.07) is 11.1. The monoisotopic (exact) mass is 390 g/mol. The Balaban J connectivity index is 2.02. The highest BCUT2D eigenvalue weighted by Gasteiger charge is 2.24. The summed E-state index contributed by atoms with van der Waals surface area (Å²) in [6.07, 6.45) is 4.81. The molecule has 0 fully saturated rings. The van der Waals surface area contributed by atoms with Crippen LogP contribution in [0.25, 0.3) is 5.69 Å². The van der Waals surface area contributed by atoms with Crippen molar-refractivity contribution in [3.63, 3.8) is 0 Å². The maximum Gasteiger partial charge on any atom is 0.268 e. The highest BCUT2D eigenvalue weighted by Crippen LogP contribution is 2.20. The average molecular weight is 390 g/mol. The van der Waals surface area contributed by atoms with Gasteiger partial charge in [-0.2, -0.15) is 0 Å². The van der Waals surface area contributed by atoms with Crippen LogP contribution in [0.5, 0.6) is 0 Å². The van der Waals surface area contributed by atoms with E-state index in [0.29, 0.717) is 11.5 Å². The Bertz CT molecular complexity index is 1070. The number of nitrogens with zero attached hydrogens (tertiary/aromatic N) is 4. The first-order valence-corrected chi connectivity index (χ1v) is 9.67. The molecular weight excluding hydrogens is 364 g/mol. The quantitative estimate of drug-likeness (QED) is 0.663. The van der Waals surface area contributed by atoms with E-state index in [9.17, 15) is 9.59 Å². The zero-order chi connectivity index (χ0) is 21.1. The SMILES string of the molecule is Cc1ccn(-c2cccc(C(C)C)c2)c(=O)c1C(=O)N(C)C(C)c1ccncn1. The second-order valence-electron chi connectivity index (χ2n) is 7.52. The molecule has 0 saturated carbocycles. The van der Waals surface area contributed by atoms with Crippen LogP contribution in [0.4, 0.5) is 0 Å². The molecule has 0 bridgehead atoms. The van der Waals surface area contributed by atoms with Gasteiger partial charge in [0.1, 0.15) is 11.9 Å². The van der Waals surface area contributed by atoms with Gasteiger partial charge in [-0.1, -0.05) is 26.0 Å². The molecule has 0 N–H and O–H groups in total. The lowest BCUT2D eigenvalue weighted by Crippen LogP contribution is -2.36. The average Bonchev–Trinajstić information content (AvgIpc) is 2.73. The standard InChI is InChI=1S/C23H26N4O2/c1-15(2)18-7-6-8-19(13-18)27-12-10-16(3)21(23(27)29)22(28)26(5)17(4)20-9-11-24-14-25-20/h6-15,17H,1-5H3. The summed E-state index contributed by atoms with van der Waals surface area (Å²) in [4.78, 5) is 36.2. The number of benzene rings is 1. The molecule has 0 aliphatic heterocycles. The number of hydrogen-bond acceptors (Lipinski definition) is 4. The molecule has 2 aromatic heterocycles. The van der Waals surface area contributed by atoms with Gasteiger partial charge < -0.3 is 4.90 Å². The lowest BCUT2D eigenvalue weighted by atomic mass is 10.0. The summed E-state index contributed by atoms with van der Waals surface area (Å²) in [7, 11) is 1.69. The minimum Gasteiger partial charge on any atom is -0.333 e. The van der Waals surface area contributed by atoms with Crippen molar-refractivity contribution in [3.8, 4) is 5.69 Å². The third-order valence-corrected chi connectivity index (χ3v) is 5.26. The number of aryl methyl sites for hydroxylation is 1. The Labute approximate surface area is 170 Å². The van der Waals surface area contributed by atoms with E-state index in [4.69, 9.17) is 0 Å². The molecule has 0 saturated heterocycles. The van der Waals surface area contributed by atoms with Crippen LogP contribution in [0.15, 0.2) is 59.9 Å². The molecule has 0 aliphatic rings. The molecule has 0 spiro atoms. The van der Waals surface area contributed by atoms with Gasteiger partial charge in [-0.15, -0.1) is 0 Å². The third kappa shape index (κ3) is 4.11. The maximum absolute atomic E-state index is 13.3. The van der Waals surface area contributed by atoms with Crippen molar-refractivity contribution in [1.29, 1.82) is 0 Å². The van der Waals surface area contributed by atoms with Gasteiger partial charge in [-0.25, -0.2) is 9.97 Å². The van der Waals surface area contributed by atoms with Crippen molar-refractivity contribution in [2.24, 2.45) is 0 Å². The topological polar surface area (TPSA) is 68.1 Å². The van der Waals surface area contributed by atoms with Gasteiger partial charge in [0.05, 0.1) is 11.7 Å². The van der Waals surface area contributed by atoms with Gasteiger partial charge >= 0.3 is 0 Å². The van der Waals surface area contributed by atoms with Crippen molar-refractivity contribution in [3.05, 3.63) is 87.9 Å². The number of pyridine rings is 1. The van der Waals surface area contributed by atoms with Crippen LogP contribution in [0.2, 0.25) is 0 Å². The highest BCUT2D eigenvalue weighted by atomic mass is 16.2. The van der Waals surface area contributed by atoms with Crippen LogP contribution in [0, 0.1) is 6.92 Å². The van der Waals surface area contributed by atoms with Crippen LogP contribution < -0.4 is 5.56 Å². The Morgan fingerprint density at radius 3 is 2.55 bits per heavy atom. The van der Waals surface area contributed by atoms with Crippen LogP contribution in [-0.4, -0.2) is 32.4 Å². The van der Waals surface area contributed by atoms with Gasteiger partial charge in [0.15, 0.2) is 0 Å².